The Hall–Kier alpha value is -3.95. The summed E-state index contributed by atoms with van der Waals surface area (Å²) in [5.74, 6) is -0.936. The van der Waals surface area contributed by atoms with Gasteiger partial charge >= 0.3 is 6.36 Å². The van der Waals surface area contributed by atoms with Gasteiger partial charge in [0.05, 0.1) is 17.4 Å². The van der Waals surface area contributed by atoms with Crippen LogP contribution in [0.25, 0.3) is 39.4 Å². The molecule has 3 heterocycles. The summed E-state index contributed by atoms with van der Waals surface area (Å²) in [7, 11) is 0. The molecule has 1 amide bonds. The monoisotopic (exact) mass is 399 g/mol. The van der Waals surface area contributed by atoms with Gasteiger partial charge in [-0.15, -0.1) is 13.2 Å². The van der Waals surface area contributed by atoms with Gasteiger partial charge in [-0.1, -0.05) is 0 Å². The molecule has 7 nitrogen and oxygen atoms in total. The Labute approximate surface area is 161 Å². The minimum Gasteiger partial charge on any atom is -0.406 e. The number of nitrogens with zero attached hydrogens (tertiary/aromatic N) is 3. The molecular formula is C19H12F3N5O2. The van der Waals surface area contributed by atoms with Gasteiger partial charge < -0.3 is 15.5 Å². The van der Waals surface area contributed by atoms with Crippen LogP contribution in [0, 0.1) is 0 Å². The van der Waals surface area contributed by atoms with Crippen LogP contribution in [0.15, 0.2) is 48.9 Å². The van der Waals surface area contributed by atoms with Crippen molar-refractivity contribution in [3.8, 4) is 17.0 Å². The highest BCUT2D eigenvalue weighted by Crippen LogP contribution is 2.28. The van der Waals surface area contributed by atoms with Crippen LogP contribution in [0.5, 0.6) is 5.75 Å². The number of carbonyl (C=O) groups excluding carboxylic acids is 1. The maximum absolute atomic E-state index is 12.5. The van der Waals surface area contributed by atoms with E-state index in [2.05, 4.69) is 24.7 Å². The average Bonchev–Trinajstić information content (AvgIpc) is 3.06. The van der Waals surface area contributed by atoms with Gasteiger partial charge in [0.2, 0.25) is 5.91 Å². The van der Waals surface area contributed by atoms with Crippen LogP contribution in [-0.2, 0) is 4.79 Å². The average molecular weight is 399 g/mol. The maximum atomic E-state index is 12.5. The third kappa shape index (κ3) is 4.00. The van der Waals surface area contributed by atoms with E-state index in [9.17, 15) is 18.0 Å². The molecule has 10 heteroatoms. The number of amides is 1. The second kappa shape index (κ2) is 6.89. The predicted octanol–water partition coefficient (Wildman–Crippen LogP) is 3.57. The van der Waals surface area contributed by atoms with E-state index in [0.29, 0.717) is 38.9 Å². The summed E-state index contributed by atoms with van der Waals surface area (Å²) in [6, 6.07) is 5.54. The van der Waals surface area contributed by atoms with Crippen LogP contribution in [0.4, 0.5) is 13.2 Å². The molecule has 0 bridgehead atoms. The molecule has 146 valence electrons. The number of pyridine rings is 1. The van der Waals surface area contributed by atoms with Gasteiger partial charge in [0.25, 0.3) is 0 Å². The zero-order chi connectivity index (χ0) is 20.6. The predicted molar refractivity (Wildman–Crippen MR) is 99.5 cm³/mol. The first-order valence-corrected chi connectivity index (χ1v) is 8.26. The van der Waals surface area contributed by atoms with Gasteiger partial charge in [-0.2, -0.15) is 0 Å². The van der Waals surface area contributed by atoms with Gasteiger partial charge in [0, 0.05) is 35.0 Å². The summed E-state index contributed by atoms with van der Waals surface area (Å²) in [6.45, 7) is 0. The van der Waals surface area contributed by atoms with E-state index in [1.807, 2.05) is 0 Å². The van der Waals surface area contributed by atoms with Gasteiger partial charge in [0.15, 0.2) is 5.65 Å². The minimum absolute atomic E-state index is 0.338. The molecule has 1 aromatic carbocycles. The van der Waals surface area contributed by atoms with Gasteiger partial charge in [0.1, 0.15) is 11.3 Å². The molecular weight excluding hydrogens is 387 g/mol. The number of benzene rings is 1. The zero-order valence-corrected chi connectivity index (χ0v) is 14.6. The lowest BCUT2D eigenvalue weighted by molar-refractivity contribution is -0.274. The number of aromatic nitrogens is 4. The van der Waals surface area contributed by atoms with Crippen LogP contribution in [0.2, 0.25) is 0 Å². The molecule has 0 spiro atoms. The highest BCUT2D eigenvalue weighted by atomic mass is 19.4. The lowest BCUT2D eigenvalue weighted by Gasteiger charge is -2.09. The van der Waals surface area contributed by atoms with Gasteiger partial charge in [-0.05, 0) is 30.3 Å². The SMILES string of the molecule is NC(=O)/C=C/c1c[nH]c2ncc(-c3cnc4ccc(OC(F)(F)F)cc4c3)nc12. The van der Waals surface area contributed by atoms with E-state index < -0.39 is 12.3 Å². The summed E-state index contributed by atoms with van der Waals surface area (Å²) < 4.78 is 41.3. The summed E-state index contributed by atoms with van der Waals surface area (Å²) in [4.78, 5) is 27.0. The number of hydrogen-bond donors (Lipinski definition) is 2. The number of carbonyl (C=O) groups is 1. The number of halogens is 3. The largest absolute Gasteiger partial charge is 0.573 e. The molecule has 0 aliphatic rings. The van der Waals surface area contributed by atoms with Crippen molar-refractivity contribution >= 4 is 34.1 Å². The second-order valence-electron chi connectivity index (χ2n) is 6.06. The first-order chi connectivity index (χ1) is 13.8. The van der Waals surface area contributed by atoms with Crippen molar-refractivity contribution in [3.63, 3.8) is 0 Å². The van der Waals surface area contributed by atoms with Crippen LogP contribution >= 0.6 is 0 Å². The Morgan fingerprint density at radius 1 is 1.17 bits per heavy atom. The normalized spacial score (nSPS) is 12.1. The summed E-state index contributed by atoms with van der Waals surface area (Å²) >= 11 is 0. The standard InChI is InChI=1S/C19H12F3N5O2/c20-19(21,22)29-13-2-3-14-11(6-13)5-12(8-24-14)15-9-26-18-17(27-15)10(7-25-18)1-4-16(23)28/h1-9H,(H2,23,28)(H,25,26)/b4-1+. The fraction of sp³-hybridized carbons (Fsp3) is 0.0526. The van der Waals surface area contributed by atoms with Crippen LogP contribution in [0.3, 0.4) is 0 Å². The fourth-order valence-corrected chi connectivity index (χ4v) is 2.80. The van der Waals surface area contributed by atoms with E-state index in [-0.39, 0.29) is 5.75 Å². The van der Waals surface area contributed by atoms with Crippen LogP contribution in [0.1, 0.15) is 5.56 Å². The molecule has 29 heavy (non-hydrogen) atoms. The number of fused-ring (bicyclic) bond motifs is 2. The number of ether oxygens (including phenoxy) is 1. The smallest absolute Gasteiger partial charge is 0.406 e. The van der Waals surface area contributed by atoms with Crippen LogP contribution in [-0.4, -0.2) is 32.2 Å². The zero-order valence-electron chi connectivity index (χ0n) is 14.6. The Balaban J connectivity index is 1.76. The quantitative estimate of drug-likeness (QED) is 0.510. The number of alkyl halides is 3. The molecule has 0 aliphatic carbocycles. The Morgan fingerprint density at radius 3 is 2.76 bits per heavy atom. The number of aromatic amines is 1. The van der Waals surface area contributed by atoms with Crippen molar-refractivity contribution in [1.29, 1.82) is 0 Å². The fourth-order valence-electron chi connectivity index (χ4n) is 2.80. The molecule has 3 aromatic heterocycles. The van der Waals surface area contributed by atoms with Gasteiger partial charge in [-0.25, -0.2) is 9.97 Å². The number of nitrogens with one attached hydrogen (secondary N) is 1. The molecule has 4 aromatic rings. The van der Waals surface area contributed by atoms with E-state index in [0.717, 1.165) is 0 Å². The van der Waals surface area contributed by atoms with Crippen LogP contribution < -0.4 is 10.5 Å². The third-order valence-corrected chi connectivity index (χ3v) is 4.02. The highest BCUT2D eigenvalue weighted by Gasteiger charge is 2.31. The summed E-state index contributed by atoms with van der Waals surface area (Å²) in [6.07, 6.45) is 2.63. The molecule has 0 aliphatic heterocycles. The molecule has 0 saturated carbocycles. The molecule has 0 saturated heterocycles. The lowest BCUT2D eigenvalue weighted by atomic mass is 10.1. The molecule has 0 atom stereocenters. The maximum Gasteiger partial charge on any atom is 0.573 e. The Kier molecular flexibility index (Phi) is 4.38. The number of nitrogens with two attached hydrogens (primary N) is 1. The van der Waals surface area contributed by atoms with E-state index in [4.69, 9.17) is 5.73 Å². The second-order valence-corrected chi connectivity index (χ2v) is 6.06. The number of rotatable bonds is 4. The number of hydrogen-bond acceptors (Lipinski definition) is 5. The lowest BCUT2D eigenvalue weighted by Crippen LogP contribution is -2.17. The first-order valence-electron chi connectivity index (χ1n) is 8.26. The Morgan fingerprint density at radius 2 is 2.00 bits per heavy atom. The van der Waals surface area contributed by atoms with Crippen molar-refractivity contribution in [2.45, 2.75) is 6.36 Å². The summed E-state index contributed by atoms with van der Waals surface area (Å²) in [5.41, 5.74) is 8.27. The molecule has 0 fully saturated rings. The highest BCUT2D eigenvalue weighted by molar-refractivity contribution is 5.94. The van der Waals surface area contributed by atoms with Crippen molar-refractivity contribution in [1.82, 2.24) is 19.9 Å². The minimum atomic E-state index is -4.78. The molecule has 0 radical (unpaired) electrons. The molecule has 0 unspecified atom stereocenters. The number of primary amides is 1. The Bertz CT molecular complexity index is 1260. The van der Waals surface area contributed by atoms with Crippen molar-refractivity contribution < 1.29 is 22.7 Å². The van der Waals surface area contributed by atoms with Crippen molar-refractivity contribution in [2.24, 2.45) is 5.73 Å². The van der Waals surface area contributed by atoms with E-state index in [1.165, 1.54) is 36.5 Å². The summed E-state index contributed by atoms with van der Waals surface area (Å²) in [5, 5.41) is 0.453. The van der Waals surface area contributed by atoms with Crippen molar-refractivity contribution in [2.75, 3.05) is 0 Å². The van der Waals surface area contributed by atoms with E-state index in [1.54, 1.807) is 18.5 Å². The molecule has 3 N–H and O–H groups in total. The first kappa shape index (κ1) is 18.4. The third-order valence-electron chi connectivity index (χ3n) is 4.02. The van der Waals surface area contributed by atoms with Gasteiger partial charge in [-0.3, -0.25) is 9.78 Å². The topological polar surface area (TPSA) is 107 Å². The number of H-pyrrole nitrogens is 1. The van der Waals surface area contributed by atoms with Crippen molar-refractivity contribution in [3.05, 3.63) is 54.5 Å². The van der Waals surface area contributed by atoms with E-state index >= 15 is 0 Å². The molecule has 4 rings (SSSR count).